The van der Waals surface area contributed by atoms with Crippen LogP contribution in [-0.2, 0) is 4.74 Å². The number of methoxy groups -OCH3 is 1. The molecule has 2 atom stereocenters. The molecule has 0 radical (unpaired) electrons. The highest BCUT2D eigenvalue weighted by molar-refractivity contribution is 5.04. The minimum Gasteiger partial charge on any atom is -0.381 e. The zero-order chi connectivity index (χ0) is 12.0. The van der Waals surface area contributed by atoms with Crippen LogP contribution in [0.15, 0.2) is 0 Å². The average Bonchev–Trinajstić information content (AvgIpc) is 2.15. The molecule has 2 unspecified atom stereocenters. The van der Waals surface area contributed by atoms with Crippen LogP contribution in [-0.4, -0.2) is 34.6 Å². The van der Waals surface area contributed by atoms with E-state index in [4.69, 9.17) is 4.74 Å². The van der Waals surface area contributed by atoms with Crippen molar-refractivity contribution in [2.45, 2.75) is 58.7 Å². The molecule has 1 fully saturated rings. The molecule has 0 spiro atoms. The van der Waals surface area contributed by atoms with Gasteiger partial charge in [0.15, 0.2) is 0 Å². The topological polar surface area (TPSA) is 32.7 Å². The lowest BCUT2D eigenvalue weighted by atomic mass is 9.67. The van der Waals surface area contributed by atoms with Crippen LogP contribution in [0.3, 0.4) is 0 Å². The fraction of sp³-hybridized carbons (Fsp3) is 1.00. The summed E-state index contributed by atoms with van der Waals surface area (Å²) in [4.78, 5) is 0. The van der Waals surface area contributed by atoms with Crippen LogP contribution in [0.4, 0.5) is 0 Å². The smallest absolute Gasteiger partial charge is 0.0659 e. The number of rotatable bonds is 1. The molecule has 1 saturated heterocycles. The summed E-state index contributed by atoms with van der Waals surface area (Å²) in [5, 5.41) is 11.8. The van der Waals surface area contributed by atoms with Crippen molar-refractivity contribution >= 4 is 0 Å². The number of ether oxygens (including phenoxy) is 1. The summed E-state index contributed by atoms with van der Waals surface area (Å²) in [7, 11) is 1.76. The quantitative estimate of drug-likeness (QED) is 0.729. The van der Waals surface area contributed by atoms with Gasteiger partial charge in [-0.1, -0.05) is 13.8 Å². The Morgan fingerprint density at radius 1 is 1.00 bits per heavy atom. The van der Waals surface area contributed by atoms with Gasteiger partial charge in [-0.2, -0.15) is 5.06 Å². The Kier molecular flexibility index (Phi) is 3.21. The lowest BCUT2D eigenvalue weighted by Gasteiger charge is -2.58. The monoisotopic (exact) mass is 215 g/mol. The third kappa shape index (κ3) is 1.71. The molecule has 1 heterocycles. The van der Waals surface area contributed by atoms with Crippen LogP contribution >= 0.6 is 0 Å². The van der Waals surface area contributed by atoms with Gasteiger partial charge in [0, 0.05) is 30.0 Å². The normalized spacial score (nSPS) is 40.4. The highest BCUT2D eigenvalue weighted by Gasteiger charge is 2.54. The Labute approximate surface area is 93.4 Å². The Hall–Kier alpha value is -0.120. The number of hydrogen-bond acceptors (Lipinski definition) is 3. The Morgan fingerprint density at radius 2 is 1.33 bits per heavy atom. The highest BCUT2D eigenvalue weighted by Crippen LogP contribution is 2.44. The summed E-state index contributed by atoms with van der Waals surface area (Å²) in [6.45, 7) is 12.6. The Bertz CT molecular complexity index is 216. The van der Waals surface area contributed by atoms with Gasteiger partial charge in [-0.05, 0) is 27.7 Å². The van der Waals surface area contributed by atoms with Crippen molar-refractivity contribution < 1.29 is 9.94 Å². The zero-order valence-electron chi connectivity index (χ0n) is 11.0. The summed E-state index contributed by atoms with van der Waals surface area (Å²) in [6, 6.07) is 0. The summed E-state index contributed by atoms with van der Waals surface area (Å²) >= 11 is 0. The predicted octanol–water partition coefficient (Wildman–Crippen LogP) is 2.54. The van der Waals surface area contributed by atoms with Crippen molar-refractivity contribution in [2.75, 3.05) is 7.11 Å². The minimum absolute atomic E-state index is 0.193. The van der Waals surface area contributed by atoms with Crippen LogP contribution in [0, 0.1) is 11.8 Å². The summed E-state index contributed by atoms with van der Waals surface area (Å²) in [5.41, 5.74) is -0.507. The van der Waals surface area contributed by atoms with Crippen LogP contribution in [0.1, 0.15) is 41.5 Å². The molecule has 0 bridgehead atoms. The highest BCUT2D eigenvalue weighted by atomic mass is 16.5. The molecular weight excluding hydrogens is 190 g/mol. The summed E-state index contributed by atoms with van der Waals surface area (Å²) < 4.78 is 5.60. The van der Waals surface area contributed by atoms with E-state index in [1.807, 2.05) is 0 Å². The molecule has 90 valence electrons. The maximum Gasteiger partial charge on any atom is 0.0659 e. The lowest BCUT2D eigenvalue weighted by molar-refractivity contribution is -0.296. The van der Waals surface area contributed by atoms with E-state index in [9.17, 15) is 5.21 Å². The largest absolute Gasteiger partial charge is 0.381 e. The summed E-state index contributed by atoms with van der Waals surface area (Å²) in [6.07, 6.45) is 0.193. The molecule has 15 heavy (non-hydrogen) atoms. The van der Waals surface area contributed by atoms with E-state index in [-0.39, 0.29) is 17.2 Å². The molecule has 0 aromatic rings. The van der Waals surface area contributed by atoms with Crippen molar-refractivity contribution in [3.8, 4) is 0 Å². The molecule has 1 aliphatic rings. The second kappa shape index (κ2) is 3.72. The molecular formula is C12H25NO2. The fourth-order valence-electron chi connectivity index (χ4n) is 2.77. The summed E-state index contributed by atoms with van der Waals surface area (Å²) in [5.74, 6) is 0.603. The lowest BCUT2D eigenvalue weighted by Crippen LogP contribution is -2.68. The van der Waals surface area contributed by atoms with Gasteiger partial charge in [-0.25, -0.2) is 0 Å². The van der Waals surface area contributed by atoms with E-state index in [1.54, 1.807) is 7.11 Å². The standard InChI is InChI=1S/C12H25NO2/c1-8-10(15-7)9(2)12(5,6)13(14)11(8,3)4/h8-10,14H,1-7H3. The molecule has 1 aliphatic heterocycles. The van der Waals surface area contributed by atoms with E-state index >= 15 is 0 Å². The molecule has 3 nitrogen and oxygen atoms in total. The van der Waals surface area contributed by atoms with Crippen LogP contribution < -0.4 is 0 Å². The second-order valence-electron chi connectivity index (χ2n) is 5.90. The molecule has 3 heteroatoms. The molecule has 0 amide bonds. The van der Waals surface area contributed by atoms with Crippen molar-refractivity contribution in [1.29, 1.82) is 0 Å². The first kappa shape index (κ1) is 12.9. The molecule has 0 aliphatic carbocycles. The fourth-order valence-corrected chi connectivity index (χ4v) is 2.77. The second-order valence-corrected chi connectivity index (χ2v) is 5.90. The molecule has 0 saturated carbocycles. The van der Waals surface area contributed by atoms with Crippen molar-refractivity contribution in [3.05, 3.63) is 0 Å². The SMILES string of the molecule is COC1C(C)C(C)(C)N(O)C(C)(C)C1C. The third-order valence-corrected chi connectivity index (χ3v) is 4.58. The van der Waals surface area contributed by atoms with Gasteiger partial charge in [0.2, 0.25) is 0 Å². The van der Waals surface area contributed by atoms with Gasteiger partial charge in [0.05, 0.1) is 6.10 Å². The van der Waals surface area contributed by atoms with E-state index in [0.717, 1.165) is 0 Å². The van der Waals surface area contributed by atoms with Gasteiger partial charge in [0.1, 0.15) is 0 Å². The first-order chi connectivity index (χ1) is 6.67. The van der Waals surface area contributed by atoms with Crippen LogP contribution in [0.25, 0.3) is 0 Å². The first-order valence-corrected chi connectivity index (χ1v) is 5.69. The number of hydroxylamine groups is 2. The molecule has 0 aromatic heterocycles. The molecule has 1 rings (SSSR count). The van der Waals surface area contributed by atoms with Gasteiger partial charge in [0.25, 0.3) is 0 Å². The first-order valence-electron chi connectivity index (χ1n) is 5.69. The van der Waals surface area contributed by atoms with Gasteiger partial charge in [-0.15, -0.1) is 0 Å². The maximum absolute atomic E-state index is 10.3. The Morgan fingerprint density at radius 3 is 1.60 bits per heavy atom. The average molecular weight is 215 g/mol. The van der Waals surface area contributed by atoms with Gasteiger partial charge < -0.3 is 9.94 Å². The molecule has 0 aromatic carbocycles. The third-order valence-electron chi connectivity index (χ3n) is 4.58. The van der Waals surface area contributed by atoms with E-state index in [1.165, 1.54) is 5.06 Å². The predicted molar refractivity (Wildman–Crippen MR) is 60.9 cm³/mol. The maximum atomic E-state index is 10.3. The van der Waals surface area contributed by atoms with Crippen molar-refractivity contribution in [3.63, 3.8) is 0 Å². The van der Waals surface area contributed by atoms with Crippen LogP contribution in [0.2, 0.25) is 0 Å². The van der Waals surface area contributed by atoms with Crippen molar-refractivity contribution in [2.24, 2.45) is 11.8 Å². The van der Waals surface area contributed by atoms with E-state index in [0.29, 0.717) is 11.8 Å². The van der Waals surface area contributed by atoms with Gasteiger partial charge >= 0.3 is 0 Å². The zero-order valence-corrected chi connectivity index (χ0v) is 11.0. The number of nitrogens with zero attached hydrogens (tertiary/aromatic N) is 1. The molecule has 1 N–H and O–H groups in total. The van der Waals surface area contributed by atoms with E-state index < -0.39 is 0 Å². The number of hydrogen-bond donors (Lipinski definition) is 1. The van der Waals surface area contributed by atoms with E-state index in [2.05, 4.69) is 41.5 Å². The van der Waals surface area contributed by atoms with Gasteiger partial charge in [-0.3, -0.25) is 0 Å². The minimum atomic E-state index is -0.253. The number of piperidine rings is 1. The van der Waals surface area contributed by atoms with Crippen LogP contribution in [0.5, 0.6) is 0 Å². The Balaban J connectivity index is 3.11. The van der Waals surface area contributed by atoms with Crippen molar-refractivity contribution in [1.82, 2.24) is 5.06 Å².